The molecule has 0 spiro atoms. The maximum absolute atomic E-state index is 12.8. The molecule has 0 unspecified atom stereocenters. The standard InChI is InChI=1S/C21H20BrN3O2S/c1-4-13-25-20(17-7-5-6-8-18(17)27-3)23-24-21(25)28-14(2)19(26)15-9-11-16(22)12-10-15/h4-12,14H,1,13H2,2-3H3/t14-/m1/s1. The van der Waals surface area contributed by atoms with Gasteiger partial charge in [-0.15, -0.1) is 16.8 Å². The van der Waals surface area contributed by atoms with E-state index in [4.69, 9.17) is 4.74 Å². The number of benzene rings is 2. The summed E-state index contributed by atoms with van der Waals surface area (Å²) in [5.41, 5.74) is 1.51. The highest BCUT2D eigenvalue weighted by Gasteiger charge is 2.22. The van der Waals surface area contributed by atoms with E-state index >= 15 is 0 Å². The number of rotatable bonds is 8. The van der Waals surface area contributed by atoms with Gasteiger partial charge in [-0.25, -0.2) is 0 Å². The number of para-hydroxylation sites is 1. The van der Waals surface area contributed by atoms with Crippen LogP contribution in [0.25, 0.3) is 11.4 Å². The molecule has 0 N–H and O–H groups in total. The Labute approximate surface area is 177 Å². The number of carbonyl (C=O) groups excluding carboxylic acids is 1. The first kappa shape index (κ1) is 20.4. The summed E-state index contributed by atoms with van der Waals surface area (Å²) >= 11 is 4.78. The zero-order valence-electron chi connectivity index (χ0n) is 15.6. The van der Waals surface area contributed by atoms with Gasteiger partial charge in [0, 0.05) is 16.6 Å². The van der Waals surface area contributed by atoms with Gasteiger partial charge in [0.15, 0.2) is 16.8 Å². The number of aromatic nitrogens is 3. The second kappa shape index (κ2) is 9.21. The molecule has 28 heavy (non-hydrogen) atoms. The Kier molecular flexibility index (Phi) is 6.70. The summed E-state index contributed by atoms with van der Waals surface area (Å²) in [7, 11) is 1.63. The van der Waals surface area contributed by atoms with Crippen molar-refractivity contribution in [1.82, 2.24) is 14.8 Å². The molecule has 1 heterocycles. The number of methoxy groups -OCH3 is 1. The smallest absolute Gasteiger partial charge is 0.192 e. The number of thioether (sulfide) groups is 1. The zero-order valence-corrected chi connectivity index (χ0v) is 18.0. The molecule has 0 fully saturated rings. The zero-order chi connectivity index (χ0) is 20.1. The van der Waals surface area contributed by atoms with Crippen molar-refractivity contribution in [3.63, 3.8) is 0 Å². The van der Waals surface area contributed by atoms with E-state index in [1.165, 1.54) is 11.8 Å². The molecule has 0 saturated carbocycles. The minimum atomic E-state index is -0.306. The molecular formula is C21H20BrN3O2S. The second-order valence-corrected chi connectivity index (χ2v) is 8.26. The number of Topliss-reactive ketones (excluding diaryl/α,β-unsaturated/α-hetero) is 1. The van der Waals surface area contributed by atoms with Crippen molar-refractivity contribution in [2.24, 2.45) is 0 Å². The largest absolute Gasteiger partial charge is 0.496 e. The fourth-order valence-electron chi connectivity index (χ4n) is 2.76. The van der Waals surface area contributed by atoms with Crippen LogP contribution in [0.5, 0.6) is 5.75 Å². The average molecular weight is 458 g/mol. The van der Waals surface area contributed by atoms with E-state index in [0.29, 0.717) is 23.1 Å². The first-order valence-electron chi connectivity index (χ1n) is 8.69. The Morgan fingerprint density at radius 3 is 2.64 bits per heavy atom. The van der Waals surface area contributed by atoms with Crippen molar-refractivity contribution in [2.75, 3.05) is 7.11 Å². The molecule has 0 aliphatic rings. The molecule has 0 amide bonds. The normalized spacial score (nSPS) is 11.8. The van der Waals surface area contributed by atoms with Gasteiger partial charge < -0.3 is 4.74 Å². The summed E-state index contributed by atoms with van der Waals surface area (Å²) in [6, 6.07) is 15.0. The lowest BCUT2D eigenvalue weighted by Crippen LogP contribution is -2.14. The second-order valence-electron chi connectivity index (χ2n) is 6.04. The molecule has 7 heteroatoms. The molecule has 0 aliphatic heterocycles. The Bertz CT molecular complexity index is 986. The van der Waals surface area contributed by atoms with E-state index in [9.17, 15) is 4.79 Å². The third-order valence-electron chi connectivity index (χ3n) is 4.16. The lowest BCUT2D eigenvalue weighted by atomic mass is 10.1. The number of hydrogen-bond donors (Lipinski definition) is 0. The molecule has 0 radical (unpaired) electrons. The third kappa shape index (κ3) is 4.36. The van der Waals surface area contributed by atoms with Crippen molar-refractivity contribution in [3.05, 3.63) is 71.2 Å². The van der Waals surface area contributed by atoms with Gasteiger partial charge in [0.05, 0.1) is 17.9 Å². The van der Waals surface area contributed by atoms with E-state index in [-0.39, 0.29) is 11.0 Å². The van der Waals surface area contributed by atoms with Crippen LogP contribution in [0, 0.1) is 0 Å². The Morgan fingerprint density at radius 2 is 1.96 bits per heavy atom. The molecule has 3 aromatic rings. The summed E-state index contributed by atoms with van der Waals surface area (Å²) in [4.78, 5) is 12.8. The Morgan fingerprint density at radius 1 is 1.25 bits per heavy atom. The molecule has 2 aromatic carbocycles. The topological polar surface area (TPSA) is 57.0 Å². The van der Waals surface area contributed by atoms with Crippen LogP contribution >= 0.6 is 27.7 Å². The molecule has 3 rings (SSSR count). The minimum absolute atomic E-state index is 0.0458. The van der Waals surface area contributed by atoms with E-state index in [0.717, 1.165) is 15.8 Å². The summed E-state index contributed by atoms with van der Waals surface area (Å²) in [5.74, 6) is 1.45. The van der Waals surface area contributed by atoms with E-state index < -0.39 is 0 Å². The van der Waals surface area contributed by atoms with Gasteiger partial charge in [-0.1, -0.05) is 58.0 Å². The van der Waals surface area contributed by atoms with Crippen molar-refractivity contribution < 1.29 is 9.53 Å². The molecule has 5 nitrogen and oxygen atoms in total. The lowest BCUT2D eigenvalue weighted by molar-refractivity contribution is 0.0994. The highest BCUT2D eigenvalue weighted by Crippen LogP contribution is 2.32. The molecule has 0 aliphatic carbocycles. The predicted molar refractivity (Wildman–Crippen MR) is 116 cm³/mol. The van der Waals surface area contributed by atoms with Crippen LogP contribution in [0.3, 0.4) is 0 Å². The maximum atomic E-state index is 12.8. The van der Waals surface area contributed by atoms with Gasteiger partial charge in [-0.2, -0.15) is 0 Å². The van der Waals surface area contributed by atoms with Crippen molar-refractivity contribution in [2.45, 2.75) is 23.9 Å². The summed E-state index contributed by atoms with van der Waals surface area (Å²) < 4.78 is 8.34. The Balaban J connectivity index is 1.90. The highest BCUT2D eigenvalue weighted by atomic mass is 79.9. The number of allylic oxidation sites excluding steroid dienone is 1. The molecule has 144 valence electrons. The minimum Gasteiger partial charge on any atom is -0.496 e. The summed E-state index contributed by atoms with van der Waals surface area (Å²) in [6.45, 7) is 6.25. The van der Waals surface area contributed by atoms with Gasteiger partial charge in [0.2, 0.25) is 0 Å². The van der Waals surface area contributed by atoms with Crippen LogP contribution in [0.2, 0.25) is 0 Å². The molecular weight excluding hydrogens is 438 g/mol. The number of nitrogens with zero attached hydrogens (tertiary/aromatic N) is 3. The predicted octanol–water partition coefficient (Wildman–Crippen LogP) is 5.27. The molecule has 1 aromatic heterocycles. The van der Waals surface area contributed by atoms with Gasteiger partial charge in [-0.3, -0.25) is 9.36 Å². The van der Waals surface area contributed by atoms with Gasteiger partial charge in [-0.05, 0) is 31.2 Å². The van der Waals surface area contributed by atoms with E-state index in [2.05, 4.69) is 32.7 Å². The SMILES string of the molecule is C=CCn1c(S[C@H](C)C(=O)c2ccc(Br)cc2)nnc1-c1ccccc1OC. The number of halogens is 1. The highest BCUT2D eigenvalue weighted by molar-refractivity contribution is 9.10. The fraction of sp³-hybridized carbons (Fsp3) is 0.190. The third-order valence-corrected chi connectivity index (χ3v) is 5.77. The number of carbonyl (C=O) groups is 1. The van der Waals surface area contributed by atoms with Crippen LogP contribution in [-0.2, 0) is 6.54 Å². The summed E-state index contributed by atoms with van der Waals surface area (Å²) in [6.07, 6.45) is 1.79. The van der Waals surface area contributed by atoms with Crippen LogP contribution in [0.15, 0.2) is 70.8 Å². The fourth-order valence-corrected chi connectivity index (χ4v) is 3.96. The van der Waals surface area contributed by atoms with E-state index in [1.54, 1.807) is 13.2 Å². The van der Waals surface area contributed by atoms with Crippen LogP contribution < -0.4 is 4.74 Å². The van der Waals surface area contributed by atoms with E-state index in [1.807, 2.05) is 60.0 Å². The van der Waals surface area contributed by atoms with Crippen molar-refractivity contribution >= 4 is 33.5 Å². The summed E-state index contributed by atoms with van der Waals surface area (Å²) in [5, 5.41) is 9.05. The quantitative estimate of drug-likeness (QED) is 0.262. The number of hydrogen-bond acceptors (Lipinski definition) is 5. The number of ketones is 1. The lowest BCUT2D eigenvalue weighted by Gasteiger charge is -2.13. The average Bonchev–Trinajstić information content (AvgIpc) is 3.10. The van der Waals surface area contributed by atoms with Crippen LogP contribution in [0.1, 0.15) is 17.3 Å². The van der Waals surface area contributed by atoms with Gasteiger partial charge >= 0.3 is 0 Å². The number of ether oxygens (including phenoxy) is 1. The van der Waals surface area contributed by atoms with Crippen LogP contribution in [0.4, 0.5) is 0 Å². The monoisotopic (exact) mass is 457 g/mol. The van der Waals surface area contributed by atoms with Gasteiger partial charge in [0.1, 0.15) is 5.75 Å². The maximum Gasteiger partial charge on any atom is 0.192 e. The molecule has 0 bridgehead atoms. The van der Waals surface area contributed by atoms with Crippen LogP contribution in [-0.4, -0.2) is 32.9 Å². The Hall–Kier alpha value is -2.38. The van der Waals surface area contributed by atoms with Gasteiger partial charge in [0.25, 0.3) is 0 Å². The first-order valence-corrected chi connectivity index (χ1v) is 10.4. The van der Waals surface area contributed by atoms with Crippen molar-refractivity contribution in [3.8, 4) is 17.1 Å². The van der Waals surface area contributed by atoms with Crippen molar-refractivity contribution in [1.29, 1.82) is 0 Å². The molecule has 0 saturated heterocycles. The molecule has 1 atom stereocenters. The first-order chi connectivity index (χ1) is 13.5.